The van der Waals surface area contributed by atoms with Gasteiger partial charge in [-0.3, -0.25) is 0 Å². The normalized spacial score (nSPS) is 13.9. The van der Waals surface area contributed by atoms with E-state index in [9.17, 15) is 10.2 Å². The zero-order chi connectivity index (χ0) is 74.0. The molecule has 0 radical (unpaired) electrons. The molecule has 12 heteroatoms. The van der Waals surface area contributed by atoms with Gasteiger partial charge in [0.25, 0.3) is 0 Å². The summed E-state index contributed by atoms with van der Waals surface area (Å²) in [5.74, 6) is 3.64. The summed E-state index contributed by atoms with van der Waals surface area (Å²) in [5.41, 5.74) is 9.54. The molecule has 12 aromatic carbocycles. The van der Waals surface area contributed by atoms with Crippen LogP contribution < -0.4 is 37.9 Å². The smallest absolute Gasteiger partial charge is 0.164 e. The molecule has 0 aliphatic carbocycles. The third-order valence-corrected chi connectivity index (χ3v) is 18.8. The van der Waals surface area contributed by atoms with Crippen molar-refractivity contribution in [2.75, 3.05) is 0 Å². The third-order valence-electron chi connectivity index (χ3n) is 18.8. The second-order valence-corrected chi connectivity index (χ2v) is 26.8. The van der Waals surface area contributed by atoms with Gasteiger partial charge < -0.3 is 57.6 Å². The Morgan fingerprint density at radius 3 is 0.673 bits per heavy atom. The van der Waals surface area contributed by atoms with Crippen LogP contribution >= 0.6 is 0 Å². The van der Waals surface area contributed by atoms with Gasteiger partial charge in [-0.05, 0) is 200 Å². The van der Waals surface area contributed by atoms with E-state index >= 15 is 0 Å². The maximum Gasteiger partial charge on any atom is 0.164 e. The van der Waals surface area contributed by atoms with Crippen molar-refractivity contribution in [3.63, 3.8) is 0 Å². The molecule has 0 aromatic heterocycles. The quantitative estimate of drug-likeness (QED) is 0.0398. The lowest BCUT2D eigenvalue weighted by molar-refractivity contribution is -0.172. The Bertz CT molecular complexity index is 4330. The predicted molar refractivity (Wildman–Crippen MR) is 422 cm³/mol. The molecular weight excluding hydrogens is 1330 g/mol. The van der Waals surface area contributed by atoms with Crippen molar-refractivity contribution in [3.8, 4) is 46.0 Å². The van der Waals surface area contributed by atoms with Gasteiger partial charge in [-0.2, -0.15) is 0 Å². The second-order valence-electron chi connectivity index (χ2n) is 26.8. The molecule has 1 aliphatic rings. The number of ether oxygens (including phenoxy) is 10. The molecule has 12 nitrogen and oxygen atoms in total. The molecule has 2 N–H and O–H groups in total. The Morgan fingerprint density at radius 1 is 0.271 bits per heavy atom. The minimum absolute atomic E-state index is 0.235. The maximum absolute atomic E-state index is 14.3. The highest BCUT2D eigenvalue weighted by Crippen LogP contribution is 2.51. The first-order valence-corrected chi connectivity index (χ1v) is 35.7. The van der Waals surface area contributed by atoms with Gasteiger partial charge >= 0.3 is 0 Å². The Hall–Kier alpha value is -12.2. The van der Waals surface area contributed by atoms with Crippen LogP contribution in [0, 0.1) is 0 Å². The summed E-state index contributed by atoms with van der Waals surface area (Å²) in [5, 5.41) is 28.6. The van der Waals surface area contributed by atoms with Crippen molar-refractivity contribution < 1.29 is 57.6 Å². The first-order valence-electron chi connectivity index (χ1n) is 35.7. The van der Waals surface area contributed by atoms with E-state index in [-0.39, 0.29) is 26.4 Å². The lowest BCUT2D eigenvalue weighted by Gasteiger charge is -2.42. The Morgan fingerprint density at radius 2 is 0.467 bits per heavy atom. The van der Waals surface area contributed by atoms with Gasteiger partial charge in [0, 0.05) is 0 Å². The van der Waals surface area contributed by atoms with Gasteiger partial charge in [0.05, 0.1) is 0 Å². The Labute approximate surface area is 626 Å². The summed E-state index contributed by atoms with van der Waals surface area (Å²) in [7, 11) is 0. The van der Waals surface area contributed by atoms with E-state index in [0.717, 1.165) is 66.8 Å². The van der Waals surface area contributed by atoms with E-state index in [1.165, 1.54) is 0 Å². The first-order chi connectivity index (χ1) is 52.2. The monoisotopic (exact) mass is 1420 g/mol. The summed E-state index contributed by atoms with van der Waals surface area (Å²) in [4.78, 5) is 0. The van der Waals surface area contributed by atoms with Crippen LogP contribution in [0.25, 0.3) is 24.3 Å². The summed E-state index contributed by atoms with van der Waals surface area (Å²) in [6.07, 6.45) is 4.62. The number of rotatable bonds is 34. The van der Waals surface area contributed by atoms with Crippen molar-refractivity contribution in [3.05, 3.63) is 407 Å². The predicted octanol–water partition coefficient (Wildman–Crippen LogP) is 20.6. The van der Waals surface area contributed by atoms with Gasteiger partial charge in [0.2, 0.25) is 0 Å². The van der Waals surface area contributed by atoms with Crippen LogP contribution in [0.5, 0.6) is 46.0 Å². The van der Waals surface area contributed by atoms with E-state index in [1.807, 2.05) is 315 Å². The van der Waals surface area contributed by atoms with E-state index < -0.39 is 29.2 Å². The van der Waals surface area contributed by atoms with Crippen molar-refractivity contribution in [2.45, 2.75) is 95.9 Å². The second kappa shape index (κ2) is 34.2. The average Bonchev–Trinajstić information content (AvgIpc) is 1.64. The van der Waals surface area contributed by atoms with Crippen LogP contribution in [-0.4, -0.2) is 28.2 Å². The molecule has 0 amide bonds. The highest BCUT2D eigenvalue weighted by atomic mass is 16.8. The van der Waals surface area contributed by atoms with Crippen LogP contribution in [0.2, 0.25) is 0 Å². The molecule has 0 spiro atoms. The first kappa shape index (κ1) is 73.2. The van der Waals surface area contributed by atoms with Crippen LogP contribution in [0.15, 0.2) is 318 Å². The largest absolute Gasteiger partial charge is 0.489 e. The Balaban J connectivity index is 0.797. The SMILES string of the molecule is C=Cc1ccc(COc2cccc(COc3ccc(C(O)(c4ccc(OCc5cccc(OCc6ccc(C=C)cc6)c5)cc4)[C@@H]4OC(C)(C)O[C@H]4C(O)(c4ccc(OCc5cccc(OCc6ccc(C=C)cc6)c5)cc4)c4ccc(OCc5cccc(OCc6ccc(C=C)cc6)c5)cc4)cc3)c2)cc1. The summed E-state index contributed by atoms with van der Waals surface area (Å²) >= 11 is 0. The topological polar surface area (TPSA) is 133 Å². The lowest BCUT2D eigenvalue weighted by atomic mass is 9.72. The van der Waals surface area contributed by atoms with Crippen LogP contribution in [0.3, 0.4) is 0 Å². The highest BCUT2D eigenvalue weighted by Gasteiger charge is 2.61. The molecule has 13 rings (SSSR count). The fourth-order valence-electron chi connectivity index (χ4n) is 12.8. The zero-order valence-electron chi connectivity index (χ0n) is 60.1. The number of hydrogen-bond acceptors (Lipinski definition) is 12. The van der Waals surface area contributed by atoms with Crippen molar-refractivity contribution in [1.29, 1.82) is 0 Å². The molecule has 1 fully saturated rings. The van der Waals surface area contributed by atoms with E-state index in [4.69, 9.17) is 47.4 Å². The van der Waals surface area contributed by atoms with Gasteiger partial charge in [0.1, 0.15) is 122 Å². The fourth-order valence-corrected chi connectivity index (χ4v) is 12.8. The van der Waals surface area contributed by atoms with Crippen molar-refractivity contribution in [1.82, 2.24) is 0 Å². The van der Waals surface area contributed by atoms with Crippen molar-refractivity contribution in [2.24, 2.45) is 0 Å². The van der Waals surface area contributed by atoms with Gasteiger partial charge in [0.15, 0.2) is 5.79 Å². The Kier molecular flexibility index (Phi) is 23.4. The van der Waals surface area contributed by atoms with Crippen LogP contribution in [-0.2, 0) is 73.5 Å². The van der Waals surface area contributed by atoms with E-state index in [0.29, 0.717) is 94.7 Å². The highest BCUT2D eigenvalue weighted by molar-refractivity contribution is 5.52. The minimum atomic E-state index is -2.05. The molecule has 1 saturated heterocycles. The van der Waals surface area contributed by atoms with E-state index in [1.54, 1.807) is 13.8 Å². The molecule has 2 atom stereocenters. The lowest BCUT2D eigenvalue weighted by Crippen LogP contribution is -2.55. The van der Waals surface area contributed by atoms with Gasteiger partial charge in [-0.1, -0.05) is 245 Å². The molecule has 12 aromatic rings. The number of aliphatic hydroxyl groups is 2. The molecule has 538 valence electrons. The van der Waals surface area contributed by atoms with E-state index in [2.05, 4.69) is 26.3 Å². The van der Waals surface area contributed by atoms with Gasteiger partial charge in [-0.25, -0.2) is 0 Å². The molecule has 0 bridgehead atoms. The molecule has 0 saturated carbocycles. The molecule has 1 heterocycles. The zero-order valence-corrected chi connectivity index (χ0v) is 60.1. The summed E-state index contributed by atoms with van der Waals surface area (Å²) in [6.45, 7) is 21.6. The fraction of sp³-hybridized carbons (Fsp3) is 0.158. The third kappa shape index (κ3) is 18.7. The standard InChI is InChI=1S/C95H86O12/c1-7-67-23-31-71(32-24-67)59-102-87-19-11-15-75(55-87)63-98-83-47-39-79(40-48-83)94(96,80-41-49-84(50-42-80)99-64-76-16-12-20-88(56-76)103-60-72-33-25-68(8-2)26-34-72)91-92(107-93(5,6)106-91)95(97,81-43-51-85(52-44-81)100-65-77-17-13-21-89(57-77)104-61-73-35-27-69(9-3)28-36-73)82-45-53-86(54-46-82)101-66-78-18-14-22-90(58-78)105-62-74-37-29-70(10-4)30-38-74/h7-58,91-92,96-97H,1-4,59-66H2,5-6H3/t91-,92-/m1/s1. The summed E-state index contributed by atoms with van der Waals surface area (Å²) < 4.78 is 64.8. The minimum Gasteiger partial charge on any atom is -0.489 e. The van der Waals surface area contributed by atoms with Crippen LogP contribution in [0.4, 0.5) is 0 Å². The maximum atomic E-state index is 14.3. The molecule has 0 unspecified atom stereocenters. The number of benzene rings is 12. The van der Waals surface area contributed by atoms with Gasteiger partial charge in [-0.15, -0.1) is 0 Å². The number of hydrogen-bond donors (Lipinski definition) is 2. The van der Waals surface area contributed by atoms with Crippen molar-refractivity contribution >= 4 is 24.3 Å². The van der Waals surface area contributed by atoms with Crippen LogP contribution in [0.1, 0.15) is 103 Å². The molecular formula is C95H86O12. The molecule has 1 aliphatic heterocycles. The molecule has 107 heavy (non-hydrogen) atoms. The average molecular weight is 1420 g/mol. The summed E-state index contributed by atoms with van der Waals surface area (Å²) in [6, 6.07) is 92.7.